The molecule has 0 atom stereocenters. The second-order valence-electron chi connectivity index (χ2n) is 4.28. The van der Waals surface area contributed by atoms with Crippen molar-refractivity contribution in [3.8, 4) is 11.8 Å². The smallest absolute Gasteiger partial charge is 0.253 e. The van der Waals surface area contributed by atoms with Gasteiger partial charge in [-0.1, -0.05) is 25.2 Å². The average Bonchev–Trinajstić information content (AvgIpc) is 2.42. The van der Waals surface area contributed by atoms with Crippen LogP contribution < -0.4 is 5.73 Å². The van der Waals surface area contributed by atoms with Crippen LogP contribution in [0.4, 0.5) is 4.39 Å². The van der Waals surface area contributed by atoms with Gasteiger partial charge in [0.15, 0.2) is 0 Å². The lowest BCUT2D eigenvalue weighted by molar-refractivity contribution is 0.0793. The number of unbranched alkanes of at least 4 members (excludes halogenated alkanes) is 1. The summed E-state index contributed by atoms with van der Waals surface area (Å²) in [7, 11) is 1.72. The highest BCUT2D eigenvalue weighted by atomic mass is 19.1. The lowest BCUT2D eigenvalue weighted by Gasteiger charge is -2.16. The molecule has 1 aromatic carbocycles. The summed E-state index contributed by atoms with van der Waals surface area (Å²) in [6.07, 6.45) is 1.95. The molecule has 2 N–H and O–H groups in total. The minimum Gasteiger partial charge on any atom is -0.342 e. The first kappa shape index (κ1) is 15.2. The molecule has 0 bridgehead atoms. The van der Waals surface area contributed by atoms with Crippen LogP contribution in [0, 0.1) is 17.7 Å². The second-order valence-corrected chi connectivity index (χ2v) is 4.28. The Morgan fingerprint density at radius 1 is 1.47 bits per heavy atom. The molecular formula is C15H19FN2O. The molecule has 1 aromatic rings. The Labute approximate surface area is 113 Å². The van der Waals surface area contributed by atoms with Gasteiger partial charge < -0.3 is 10.6 Å². The van der Waals surface area contributed by atoms with Crippen molar-refractivity contribution >= 4 is 5.91 Å². The maximum absolute atomic E-state index is 13.7. The van der Waals surface area contributed by atoms with Gasteiger partial charge in [-0.2, -0.15) is 0 Å². The Balaban J connectivity index is 2.85. The molecule has 0 unspecified atom stereocenters. The fourth-order valence-corrected chi connectivity index (χ4v) is 1.61. The van der Waals surface area contributed by atoms with Crippen molar-refractivity contribution in [2.75, 3.05) is 20.1 Å². The zero-order valence-corrected chi connectivity index (χ0v) is 11.4. The summed E-state index contributed by atoms with van der Waals surface area (Å²) in [6.45, 7) is 2.91. The molecule has 0 radical (unpaired) electrons. The predicted octanol–water partition coefficient (Wildman–Crippen LogP) is 2.01. The van der Waals surface area contributed by atoms with Crippen molar-refractivity contribution in [1.29, 1.82) is 0 Å². The summed E-state index contributed by atoms with van der Waals surface area (Å²) in [4.78, 5) is 13.6. The monoisotopic (exact) mass is 262 g/mol. The fourth-order valence-electron chi connectivity index (χ4n) is 1.61. The van der Waals surface area contributed by atoms with E-state index in [1.165, 1.54) is 12.1 Å². The normalized spacial score (nSPS) is 9.68. The van der Waals surface area contributed by atoms with Crippen LogP contribution in [0.3, 0.4) is 0 Å². The predicted molar refractivity (Wildman–Crippen MR) is 74.2 cm³/mol. The molecule has 19 heavy (non-hydrogen) atoms. The van der Waals surface area contributed by atoms with Gasteiger partial charge in [-0.3, -0.25) is 4.79 Å². The van der Waals surface area contributed by atoms with E-state index >= 15 is 0 Å². The van der Waals surface area contributed by atoms with Gasteiger partial charge in [0.25, 0.3) is 5.91 Å². The van der Waals surface area contributed by atoms with E-state index < -0.39 is 5.82 Å². The zero-order valence-electron chi connectivity index (χ0n) is 11.4. The van der Waals surface area contributed by atoms with Crippen molar-refractivity contribution in [3.63, 3.8) is 0 Å². The van der Waals surface area contributed by atoms with Crippen molar-refractivity contribution in [1.82, 2.24) is 4.90 Å². The molecule has 1 amide bonds. The summed E-state index contributed by atoms with van der Waals surface area (Å²) in [6, 6.07) is 4.33. The van der Waals surface area contributed by atoms with E-state index in [0.29, 0.717) is 12.1 Å². The van der Waals surface area contributed by atoms with E-state index in [-0.39, 0.29) is 18.0 Å². The Bertz CT molecular complexity index is 503. The van der Waals surface area contributed by atoms with Crippen molar-refractivity contribution in [2.24, 2.45) is 5.73 Å². The Morgan fingerprint density at radius 2 is 2.21 bits per heavy atom. The third-order valence-electron chi connectivity index (χ3n) is 2.73. The van der Waals surface area contributed by atoms with Gasteiger partial charge in [0.2, 0.25) is 0 Å². The minimum absolute atomic E-state index is 0.175. The lowest BCUT2D eigenvalue weighted by Crippen LogP contribution is -2.27. The number of amides is 1. The number of halogens is 1. The largest absolute Gasteiger partial charge is 0.342 e. The highest BCUT2D eigenvalue weighted by Crippen LogP contribution is 2.11. The molecule has 0 aromatic heterocycles. The summed E-state index contributed by atoms with van der Waals surface area (Å²) in [5.41, 5.74) is 5.84. The minimum atomic E-state index is -0.490. The van der Waals surface area contributed by atoms with Crippen LogP contribution in [0.25, 0.3) is 0 Å². The van der Waals surface area contributed by atoms with Gasteiger partial charge in [-0.25, -0.2) is 4.39 Å². The third kappa shape index (κ3) is 4.38. The molecule has 4 heteroatoms. The van der Waals surface area contributed by atoms with E-state index in [2.05, 4.69) is 18.8 Å². The van der Waals surface area contributed by atoms with Crippen LogP contribution in [0.5, 0.6) is 0 Å². The second kappa shape index (κ2) is 7.55. The number of benzene rings is 1. The van der Waals surface area contributed by atoms with Crippen LogP contribution >= 0.6 is 0 Å². The van der Waals surface area contributed by atoms with Gasteiger partial charge in [-0.05, 0) is 24.6 Å². The molecule has 3 nitrogen and oxygen atoms in total. The number of carbonyl (C=O) groups is 1. The summed E-state index contributed by atoms with van der Waals surface area (Å²) >= 11 is 0. The van der Waals surface area contributed by atoms with E-state index in [1.807, 2.05) is 0 Å². The first-order chi connectivity index (χ1) is 9.10. The SMILES string of the molecule is CCCCN(C)C(=O)c1ccc(C#CCN)c(F)c1. The molecule has 0 heterocycles. The summed E-state index contributed by atoms with van der Waals surface area (Å²) < 4.78 is 13.7. The van der Waals surface area contributed by atoms with Crippen LogP contribution in [0.2, 0.25) is 0 Å². The van der Waals surface area contributed by atoms with Crippen molar-refractivity contribution in [2.45, 2.75) is 19.8 Å². The molecule has 0 saturated carbocycles. The number of nitrogens with zero attached hydrogens (tertiary/aromatic N) is 1. The van der Waals surface area contributed by atoms with E-state index in [0.717, 1.165) is 12.8 Å². The molecule has 0 saturated heterocycles. The maximum atomic E-state index is 13.7. The molecule has 0 fully saturated rings. The quantitative estimate of drug-likeness (QED) is 0.844. The van der Waals surface area contributed by atoms with Crippen LogP contribution in [-0.2, 0) is 0 Å². The Kier molecular flexibility index (Phi) is 6.04. The van der Waals surface area contributed by atoms with Crippen molar-refractivity contribution in [3.05, 3.63) is 35.1 Å². The van der Waals surface area contributed by atoms with E-state index in [9.17, 15) is 9.18 Å². The van der Waals surface area contributed by atoms with Gasteiger partial charge in [0.05, 0.1) is 12.1 Å². The standard InChI is InChI=1S/C15H19FN2O/c1-3-4-10-18(2)15(19)13-8-7-12(6-5-9-17)14(16)11-13/h7-8,11H,3-4,9-10,17H2,1-2H3. The van der Waals surface area contributed by atoms with E-state index in [1.54, 1.807) is 18.0 Å². The average molecular weight is 262 g/mol. The lowest BCUT2D eigenvalue weighted by atomic mass is 10.1. The first-order valence-electron chi connectivity index (χ1n) is 6.34. The molecule has 1 rings (SSSR count). The van der Waals surface area contributed by atoms with Crippen LogP contribution in [0.15, 0.2) is 18.2 Å². The molecule has 0 aliphatic heterocycles. The molecule has 0 aliphatic carbocycles. The van der Waals surface area contributed by atoms with Crippen molar-refractivity contribution < 1.29 is 9.18 Å². The van der Waals surface area contributed by atoms with E-state index in [4.69, 9.17) is 5.73 Å². The van der Waals surface area contributed by atoms with Gasteiger partial charge in [0, 0.05) is 19.2 Å². The molecule has 102 valence electrons. The van der Waals surface area contributed by atoms with Crippen LogP contribution in [-0.4, -0.2) is 30.9 Å². The molecular weight excluding hydrogens is 243 g/mol. The Morgan fingerprint density at radius 3 is 2.79 bits per heavy atom. The van der Waals surface area contributed by atoms with Crippen LogP contribution in [0.1, 0.15) is 35.7 Å². The summed E-state index contributed by atoms with van der Waals surface area (Å²) in [5.74, 6) is 4.55. The van der Waals surface area contributed by atoms with Gasteiger partial charge in [0.1, 0.15) is 5.82 Å². The summed E-state index contributed by atoms with van der Waals surface area (Å²) in [5, 5.41) is 0. The number of rotatable bonds is 4. The number of hydrogen-bond acceptors (Lipinski definition) is 2. The van der Waals surface area contributed by atoms with Gasteiger partial charge in [-0.15, -0.1) is 0 Å². The number of hydrogen-bond donors (Lipinski definition) is 1. The third-order valence-corrected chi connectivity index (χ3v) is 2.73. The topological polar surface area (TPSA) is 46.3 Å². The zero-order chi connectivity index (χ0) is 14.3. The fraction of sp³-hybridized carbons (Fsp3) is 0.400. The molecule has 0 aliphatic rings. The Hall–Kier alpha value is -1.86. The highest BCUT2D eigenvalue weighted by Gasteiger charge is 2.12. The molecule has 0 spiro atoms. The first-order valence-corrected chi connectivity index (χ1v) is 6.34. The van der Waals surface area contributed by atoms with Gasteiger partial charge >= 0.3 is 0 Å². The highest BCUT2D eigenvalue weighted by molar-refractivity contribution is 5.94. The number of carbonyl (C=O) groups excluding carboxylic acids is 1. The number of nitrogens with two attached hydrogens (primary N) is 1. The maximum Gasteiger partial charge on any atom is 0.253 e.